The number of aliphatic hydroxyl groups is 1. The third kappa shape index (κ3) is 7.49. The average Bonchev–Trinajstić information content (AvgIpc) is 3.15. The molecular weight excluding hydrogens is 564 g/mol. The van der Waals surface area contributed by atoms with Crippen LogP contribution in [0.2, 0.25) is 0 Å². The standard InChI is InChI=1S/C34H34N2O6S/c1-35(34(39)42-23-25-11-7-4-8-12-25)19-20-36-29-18-17-28(41-22-24-9-5-3-6-10-24)21-30(29)43-32(31(37)33(36)38)26-13-15-27(40-2)16-14-26/h3-18,21,31-32,37H,19-20,22-23H2,1-2H3/t31-,32+/m1/s1. The van der Waals surface area contributed by atoms with Gasteiger partial charge in [0, 0.05) is 25.0 Å². The topological polar surface area (TPSA) is 88.5 Å². The van der Waals surface area contributed by atoms with Gasteiger partial charge < -0.3 is 29.1 Å². The normalized spacial score (nSPS) is 16.2. The zero-order chi connectivity index (χ0) is 30.2. The molecule has 2 atom stereocenters. The third-order valence-corrected chi connectivity index (χ3v) is 8.52. The lowest BCUT2D eigenvalue weighted by Crippen LogP contribution is -2.44. The highest BCUT2D eigenvalue weighted by Crippen LogP contribution is 2.47. The van der Waals surface area contributed by atoms with E-state index in [0.29, 0.717) is 23.8 Å². The Labute approximate surface area is 255 Å². The first-order valence-electron chi connectivity index (χ1n) is 14.0. The summed E-state index contributed by atoms with van der Waals surface area (Å²) < 4.78 is 16.8. The molecule has 1 N–H and O–H groups in total. The van der Waals surface area contributed by atoms with Crippen LogP contribution in [0.4, 0.5) is 10.5 Å². The molecule has 0 saturated heterocycles. The van der Waals surface area contributed by atoms with Crippen molar-refractivity contribution in [1.29, 1.82) is 0 Å². The van der Waals surface area contributed by atoms with Crippen LogP contribution in [-0.4, -0.2) is 55.4 Å². The van der Waals surface area contributed by atoms with Crippen LogP contribution < -0.4 is 14.4 Å². The van der Waals surface area contributed by atoms with Crippen LogP contribution in [0, 0.1) is 0 Å². The van der Waals surface area contributed by atoms with Gasteiger partial charge in [0.2, 0.25) is 0 Å². The van der Waals surface area contributed by atoms with Crippen molar-refractivity contribution in [3.8, 4) is 11.5 Å². The molecule has 4 aromatic carbocycles. The fraction of sp³-hybridized carbons (Fsp3) is 0.235. The maximum atomic E-state index is 13.8. The Kier molecular flexibility index (Phi) is 9.86. The molecule has 1 aliphatic heterocycles. The highest BCUT2D eigenvalue weighted by atomic mass is 32.2. The van der Waals surface area contributed by atoms with Gasteiger partial charge >= 0.3 is 6.09 Å². The van der Waals surface area contributed by atoms with Crippen molar-refractivity contribution in [3.05, 3.63) is 120 Å². The van der Waals surface area contributed by atoms with Crippen molar-refractivity contribution in [2.45, 2.75) is 29.5 Å². The van der Waals surface area contributed by atoms with E-state index in [-0.39, 0.29) is 19.7 Å². The Balaban J connectivity index is 1.36. The number of anilines is 1. The molecule has 1 heterocycles. The molecule has 1 aliphatic rings. The first kappa shape index (κ1) is 30.0. The van der Waals surface area contributed by atoms with Gasteiger partial charge in [0.1, 0.15) is 30.8 Å². The van der Waals surface area contributed by atoms with Crippen LogP contribution in [0.1, 0.15) is 21.9 Å². The number of methoxy groups -OCH3 is 1. The van der Waals surface area contributed by atoms with Crippen molar-refractivity contribution in [1.82, 2.24) is 4.90 Å². The van der Waals surface area contributed by atoms with Crippen molar-refractivity contribution >= 4 is 29.4 Å². The number of carbonyl (C=O) groups is 2. The van der Waals surface area contributed by atoms with Gasteiger partial charge in [0.05, 0.1) is 18.0 Å². The molecule has 5 rings (SSSR count). The molecule has 0 unspecified atom stereocenters. The summed E-state index contributed by atoms with van der Waals surface area (Å²) in [5.74, 6) is 0.883. The van der Waals surface area contributed by atoms with E-state index in [4.69, 9.17) is 14.2 Å². The summed E-state index contributed by atoms with van der Waals surface area (Å²) >= 11 is 1.40. The summed E-state index contributed by atoms with van der Waals surface area (Å²) in [6, 6.07) is 32.2. The Hall–Kier alpha value is -4.47. The minimum atomic E-state index is -1.32. The summed E-state index contributed by atoms with van der Waals surface area (Å²) in [7, 11) is 3.22. The number of ether oxygens (including phenoxy) is 3. The molecule has 0 radical (unpaired) electrons. The molecule has 4 aromatic rings. The number of aliphatic hydroxyl groups excluding tert-OH is 1. The second-order valence-corrected chi connectivity index (χ2v) is 11.3. The summed E-state index contributed by atoms with van der Waals surface area (Å²) in [5.41, 5.74) is 3.35. The van der Waals surface area contributed by atoms with Gasteiger partial charge in [0.25, 0.3) is 5.91 Å². The van der Waals surface area contributed by atoms with Crippen LogP contribution in [0.3, 0.4) is 0 Å². The summed E-state index contributed by atoms with van der Waals surface area (Å²) in [5, 5.41) is 10.8. The predicted octanol–water partition coefficient (Wildman–Crippen LogP) is 6.08. The molecule has 8 nitrogen and oxygen atoms in total. The second-order valence-electron chi connectivity index (χ2n) is 10.1. The van der Waals surface area contributed by atoms with Gasteiger partial charge in [-0.25, -0.2) is 4.79 Å². The number of carbonyl (C=O) groups excluding carboxylic acids is 2. The maximum Gasteiger partial charge on any atom is 0.409 e. The van der Waals surface area contributed by atoms with E-state index in [1.807, 2.05) is 103 Å². The lowest BCUT2D eigenvalue weighted by Gasteiger charge is -2.27. The molecule has 2 amide bonds. The summed E-state index contributed by atoms with van der Waals surface area (Å²) in [6.45, 7) is 0.920. The fourth-order valence-corrected chi connectivity index (χ4v) is 5.99. The number of rotatable bonds is 10. The number of hydrogen-bond acceptors (Lipinski definition) is 7. The Morgan fingerprint density at radius 2 is 1.51 bits per heavy atom. The van der Waals surface area contributed by atoms with E-state index < -0.39 is 23.4 Å². The Morgan fingerprint density at radius 1 is 0.884 bits per heavy atom. The predicted molar refractivity (Wildman–Crippen MR) is 166 cm³/mol. The first-order chi connectivity index (χ1) is 20.9. The van der Waals surface area contributed by atoms with Crippen molar-refractivity contribution in [3.63, 3.8) is 0 Å². The Bertz CT molecular complexity index is 1520. The number of hydrogen-bond donors (Lipinski definition) is 1. The van der Waals surface area contributed by atoms with E-state index in [1.54, 1.807) is 19.1 Å². The molecule has 43 heavy (non-hydrogen) atoms. The largest absolute Gasteiger partial charge is 0.497 e. The van der Waals surface area contributed by atoms with E-state index in [1.165, 1.54) is 16.7 Å². The monoisotopic (exact) mass is 598 g/mol. The highest BCUT2D eigenvalue weighted by molar-refractivity contribution is 7.99. The maximum absolute atomic E-state index is 13.8. The smallest absolute Gasteiger partial charge is 0.409 e. The number of thioether (sulfide) groups is 1. The van der Waals surface area contributed by atoms with Gasteiger partial charge in [-0.1, -0.05) is 72.8 Å². The van der Waals surface area contributed by atoms with Crippen molar-refractivity contribution in [2.24, 2.45) is 0 Å². The van der Waals surface area contributed by atoms with E-state index in [9.17, 15) is 14.7 Å². The minimum Gasteiger partial charge on any atom is -0.497 e. The van der Waals surface area contributed by atoms with Crippen LogP contribution in [0.5, 0.6) is 11.5 Å². The lowest BCUT2D eigenvalue weighted by molar-refractivity contribution is -0.126. The third-order valence-electron chi connectivity index (χ3n) is 7.15. The molecule has 0 saturated carbocycles. The molecule has 0 spiro atoms. The molecule has 9 heteroatoms. The van der Waals surface area contributed by atoms with E-state index >= 15 is 0 Å². The average molecular weight is 599 g/mol. The van der Waals surface area contributed by atoms with E-state index in [2.05, 4.69) is 0 Å². The first-order valence-corrected chi connectivity index (χ1v) is 14.8. The quantitative estimate of drug-likeness (QED) is 0.237. The molecular formula is C34H34N2O6S. The van der Waals surface area contributed by atoms with Gasteiger partial charge in [0.15, 0.2) is 0 Å². The zero-order valence-electron chi connectivity index (χ0n) is 24.1. The summed E-state index contributed by atoms with van der Waals surface area (Å²) in [6.07, 6.45) is -1.82. The van der Waals surface area contributed by atoms with Gasteiger partial charge in [-0.3, -0.25) is 4.79 Å². The van der Waals surface area contributed by atoms with Crippen LogP contribution in [0.15, 0.2) is 108 Å². The Morgan fingerprint density at radius 3 is 2.16 bits per heavy atom. The lowest BCUT2D eigenvalue weighted by atomic mass is 10.1. The zero-order valence-corrected chi connectivity index (χ0v) is 24.9. The number of fused-ring (bicyclic) bond motifs is 1. The van der Waals surface area contributed by atoms with Crippen LogP contribution >= 0.6 is 11.8 Å². The number of nitrogens with zero attached hydrogens (tertiary/aromatic N) is 2. The van der Waals surface area contributed by atoms with Gasteiger partial charge in [-0.15, -0.1) is 11.8 Å². The number of likely N-dealkylation sites (N-methyl/N-ethyl adjacent to an activating group) is 1. The van der Waals surface area contributed by atoms with E-state index in [0.717, 1.165) is 21.6 Å². The SMILES string of the molecule is COc1ccc([C@@H]2Sc3cc(OCc4ccccc4)ccc3N(CCN(C)C(=O)OCc3ccccc3)C(=O)[C@@H]2O)cc1. The molecule has 0 fully saturated rings. The second kappa shape index (κ2) is 14.1. The van der Waals surface area contributed by atoms with Crippen molar-refractivity contribution in [2.75, 3.05) is 32.1 Å². The number of amides is 2. The summed E-state index contributed by atoms with van der Waals surface area (Å²) in [4.78, 5) is 30.2. The van der Waals surface area contributed by atoms with Crippen LogP contribution in [-0.2, 0) is 22.7 Å². The molecule has 0 aliphatic carbocycles. The van der Waals surface area contributed by atoms with Crippen LogP contribution in [0.25, 0.3) is 0 Å². The number of benzene rings is 4. The minimum absolute atomic E-state index is 0.153. The molecule has 0 aromatic heterocycles. The molecule has 0 bridgehead atoms. The molecule has 222 valence electrons. The van der Waals surface area contributed by atoms with Gasteiger partial charge in [-0.2, -0.15) is 0 Å². The van der Waals surface area contributed by atoms with Gasteiger partial charge in [-0.05, 0) is 47.0 Å². The fourth-order valence-electron chi connectivity index (χ4n) is 4.70. The highest BCUT2D eigenvalue weighted by Gasteiger charge is 2.37. The van der Waals surface area contributed by atoms with Crippen molar-refractivity contribution < 1.29 is 28.9 Å².